The molecule has 0 amide bonds. The number of hydrogen-bond donors (Lipinski definition) is 1. The molecule has 1 unspecified atom stereocenters. The third-order valence-electron chi connectivity index (χ3n) is 3.69. The average molecular weight is 266 g/mol. The number of nitrogens with two attached hydrogens (primary N) is 1. The van der Waals surface area contributed by atoms with Crippen molar-refractivity contribution in [1.29, 1.82) is 0 Å². The Balaban J connectivity index is 1.92. The van der Waals surface area contributed by atoms with Crippen molar-refractivity contribution >= 4 is 0 Å². The van der Waals surface area contributed by atoms with Crippen molar-refractivity contribution in [3.63, 3.8) is 0 Å². The lowest BCUT2D eigenvalue weighted by atomic mass is 9.99. The van der Waals surface area contributed by atoms with Crippen LogP contribution in [0, 0.1) is 5.92 Å². The minimum Gasteiger partial charge on any atom is -0.339 e. The minimum absolute atomic E-state index is 0.549. The molecule has 1 atom stereocenters. The summed E-state index contributed by atoms with van der Waals surface area (Å²) in [5, 5.41) is 4.10. The van der Waals surface area contributed by atoms with E-state index < -0.39 is 0 Å². The minimum atomic E-state index is 0.549. The lowest BCUT2D eigenvalue weighted by molar-refractivity contribution is 0.129. The fourth-order valence-electron chi connectivity index (χ4n) is 2.76. The van der Waals surface area contributed by atoms with Gasteiger partial charge in [0.1, 0.15) is 0 Å². The van der Waals surface area contributed by atoms with Gasteiger partial charge >= 0.3 is 0 Å². The molecule has 1 fully saturated rings. The van der Waals surface area contributed by atoms with Crippen LogP contribution in [0.4, 0.5) is 0 Å². The molecule has 5 heteroatoms. The molecule has 1 aliphatic rings. The van der Waals surface area contributed by atoms with Crippen LogP contribution in [-0.4, -0.2) is 34.2 Å². The maximum atomic E-state index is 5.70. The summed E-state index contributed by atoms with van der Waals surface area (Å²) >= 11 is 0. The molecule has 108 valence electrons. The van der Waals surface area contributed by atoms with Gasteiger partial charge in [-0.1, -0.05) is 25.4 Å². The third kappa shape index (κ3) is 4.28. The van der Waals surface area contributed by atoms with Crippen molar-refractivity contribution in [2.24, 2.45) is 11.7 Å². The maximum Gasteiger partial charge on any atom is 0.226 e. The van der Waals surface area contributed by atoms with Crippen LogP contribution in [0.25, 0.3) is 0 Å². The van der Waals surface area contributed by atoms with Gasteiger partial charge in [-0.05, 0) is 38.3 Å². The van der Waals surface area contributed by atoms with Crippen LogP contribution in [0.3, 0.4) is 0 Å². The maximum absolute atomic E-state index is 5.70. The summed E-state index contributed by atoms with van der Waals surface area (Å²) in [5.74, 6) is 2.13. The first-order chi connectivity index (χ1) is 9.19. The second kappa shape index (κ2) is 7.01. The van der Waals surface area contributed by atoms with Crippen LogP contribution in [0.5, 0.6) is 0 Å². The summed E-state index contributed by atoms with van der Waals surface area (Å²) in [5.41, 5.74) is 5.70. The van der Waals surface area contributed by atoms with Gasteiger partial charge in [-0.15, -0.1) is 0 Å². The molecule has 2 rings (SSSR count). The van der Waals surface area contributed by atoms with Gasteiger partial charge < -0.3 is 10.3 Å². The molecule has 2 N–H and O–H groups in total. The molecule has 1 saturated heterocycles. The molecular formula is C14H26N4O. The number of nitrogens with zero attached hydrogens (tertiary/aromatic N) is 3. The highest BCUT2D eigenvalue weighted by atomic mass is 16.5. The molecule has 0 spiro atoms. The number of piperidine rings is 1. The molecule has 0 aromatic carbocycles. The van der Waals surface area contributed by atoms with Gasteiger partial charge in [0.15, 0.2) is 5.82 Å². The molecule has 0 aliphatic carbocycles. The fourth-order valence-corrected chi connectivity index (χ4v) is 2.76. The zero-order chi connectivity index (χ0) is 13.7. The monoisotopic (exact) mass is 266 g/mol. The third-order valence-corrected chi connectivity index (χ3v) is 3.69. The van der Waals surface area contributed by atoms with E-state index in [4.69, 9.17) is 10.3 Å². The highest BCUT2D eigenvalue weighted by Gasteiger charge is 2.23. The Morgan fingerprint density at radius 2 is 2.26 bits per heavy atom. The van der Waals surface area contributed by atoms with E-state index >= 15 is 0 Å². The first kappa shape index (κ1) is 14.5. The van der Waals surface area contributed by atoms with Crippen LogP contribution < -0.4 is 5.73 Å². The van der Waals surface area contributed by atoms with Crippen molar-refractivity contribution in [1.82, 2.24) is 15.0 Å². The normalized spacial score (nSPS) is 21.2. The van der Waals surface area contributed by atoms with Gasteiger partial charge in [0.05, 0.1) is 6.54 Å². The molecule has 5 nitrogen and oxygen atoms in total. The van der Waals surface area contributed by atoms with E-state index in [-0.39, 0.29) is 0 Å². The number of hydrogen-bond acceptors (Lipinski definition) is 5. The van der Waals surface area contributed by atoms with Crippen molar-refractivity contribution in [3.8, 4) is 0 Å². The Labute approximate surface area is 115 Å². The van der Waals surface area contributed by atoms with Gasteiger partial charge in [0, 0.05) is 12.5 Å². The zero-order valence-corrected chi connectivity index (χ0v) is 12.1. The van der Waals surface area contributed by atoms with Crippen molar-refractivity contribution in [2.75, 3.05) is 13.1 Å². The van der Waals surface area contributed by atoms with Crippen LogP contribution in [0.1, 0.15) is 51.2 Å². The smallest absolute Gasteiger partial charge is 0.226 e. The first-order valence-corrected chi connectivity index (χ1v) is 7.44. The highest BCUT2D eigenvalue weighted by molar-refractivity contribution is 4.89. The van der Waals surface area contributed by atoms with Crippen LogP contribution in [0.2, 0.25) is 0 Å². The predicted octanol–water partition coefficient (Wildman–Crippen LogP) is 1.97. The van der Waals surface area contributed by atoms with E-state index in [0.29, 0.717) is 12.0 Å². The zero-order valence-electron chi connectivity index (χ0n) is 12.1. The van der Waals surface area contributed by atoms with Crippen molar-refractivity contribution in [3.05, 3.63) is 11.7 Å². The second-order valence-corrected chi connectivity index (χ2v) is 5.90. The molecule has 0 radical (unpaired) electrons. The van der Waals surface area contributed by atoms with E-state index in [1.165, 1.54) is 19.3 Å². The Morgan fingerprint density at radius 1 is 1.42 bits per heavy atom. The predicted molar refractivity (Wildman–Crippen MR) is 74.6 cm³/mol. The summed E-state index contributed by atoms with van der Waals surface area (Å²) in [4.78, 5) is 6.95. The molecule has 2 heterocycles. The summed E-state index contributed by atoms with van der Waals surface area (Å²) < 4.78 is 5.30. The van der Waals surface area contributed by atoms with Gasteiger partial charge in [-0.3, -0.25) is 4.90 Å². The van der Waals surface area contributed by atoms with Gasteiger partial charge in [-0.2, -0.15) is 4.98 Å². The Morgan fingerprint density at radius 3 is 3.00 bits per heavy atom. The summed E-state index contributed by atoms with van der Waals surface area (Å²) in [6.45, 7) is 6.99. The van der Waals surface area contributed by atoms with E-state index in [1.807, 2.05) is 0 Å². The largest absolute Gasteiger partial charge is 0.339 e. The standard InChI is InChI=1S/C14H26N4O/c1-11(2)9-14-16-13(17-19-14)10-18-8-4-3-5-12(18)6-7-15/h11-12H,3-10,15H2,1-2H3. The molecule has 0 bridgehead atoms. The molecule has 19 heavy (non-hydrogen) atoms. The van der Waals surface area contributed by atoms with Crippen LogP contribution >= 0.6 is 0 Å². The summed E-state index contributed by atoms with van der Waals surface area (Å²) in [7, 11) is 0. The van der Waals surface area contributed by atoms with Crippen molar-refractivity contribution in [2.45, 2.75) is 58.5 Å². The van der Waals surface area contributed by atoms with Gasteiger partial charge in [0.2, 0.25) is 5.89 Å². The van der Waals surface area contributed by atoms with Gasteiger partial charge in [-0.25, -0.2) is 0 Å². The quantitative estimate of drug-likeness (QED) is 0.852. The average Bonchev–Trinajstić information content (AvgIpc) is 2.78. The lowest BCUT2D eigenvalue weighted by Crippen LogP contribution is -2.40. The molecular weight excluding hydrogens is 240 g/mol. The Kier molecular flexibility index (Phi) is 5.34. The highest BCUT2D eigenvalue weighted by Crippen LogP contribution is 2.21. The molecule has 1 aromatic heterocycles. The summed E-state index contributed by atoms with van der Waals surface area (Å²) in [6, 6.07) is 0.589. The van der Waals surface area contributed by atoms with E-state index in [2.05, 4.69) is 28.9 Å². The van der Waals surface area contributed by atoms with E-state index in [9.17, 15) is 0 Å². The Hall–Kier alpha value is -0.940. The Bertz CT molecular complexity index is 375. The number of likely N-dealkylation sites (tertiary alicyclic amines) is 1. The van der Waals surface area contributed by atoms with Crippen LogP contribution in [-0.2, 0) is 13.0 Å². The number of aromatic nitrogens is 2. The summed E-state index contributed by atoms with van der Waals surface area (Å²) in [6.07, 6.45) is 5.74. The molecule has 1 aromatic rings. The first-order valence-electron chi connectivity index (χ1n) is 7.44. The topological polar surface area (TPSA) is 68.2 Å². The molecule has 1 aliphatic heterocycles. The van der Waals surface area contributed by atoms with Gasteiger partial charge in [0.25, 0.3) is 0 Å². The van der Waals surface area contributed by atoms with E-state index in [0.717, 1.165) is 44.2 Å². The fraction of sp³-hybridized carbons (Fsp3) is 0.857. The van der Waals surface area contributed by atoms with E-state index in [1.54, 1.807) is 0 Å². The lowest BCUT2D eigenvalue weighted by Gasteiger charge is -2.34. The molecule has 0 saturated carbocycles. The SMILES string of the molecule is CC(C)Cc1nc(CN2CCCCC2CCN)no1. The van der Waals surface area contributed by atoms with Crippen molar-refractivity contribution < 1.29 is 4.52 Å². The second-order valence-electron chi connectivity index (χ2n) is 5.90. The van der Waals surface area contributed by atoms with Crippen LogP contribution in [0.15, 0.2) is 4.52 Å². The number of rotatable bonds is 6.